The minimum atomic E-state index is -3.67. The summed E-state index contributed by atoms with van der Waals surface area (Å²) in [6.07, 6.45) is 0. The second-order valence-corrected chi connectivity index (χ2v) is 2.63. The van der Waals surface area contributed by atoms with Crippen LogP contribution in [-0.4, -0.2) is 18.6 Å². The molecule has 58 valence electrons. The van der Waals surface area contributed by atoms with Gasteiger partial charge >= 0.3 is 7.82 Å². The van der Waals surface area contributed by atoms with Crippen molar-refractivity contribution in [3.05, 3.63) is 0 Å². The van der Waals surface area contributed by atoms with Gasteiger partial charge in [-0.25, -0.2) is 4.57 Å². The van der Waals surface area contributed by atoms with Gasteiger partial charge in [0.25, 0.3) is 0 Å². The Kier molecular flexibility index (Phi) is 6.44. The third-order valence-electron chi connectivity index (χ3n) is 0.523. The van der Waals surface area contributed by atoms with E-state index >= 15 is 0 Å². The van der Waals surface area contributed by atoms with Crippen molar-refractivity contribution in [1.82, 2.24) is 6.15 Å². The highest BCUT2D eigenvalue weighted by Gasteiger charge is 2.15. The van der Waals surface area contributed by atoms with Crippen LogP contribution in [0.1, 0.15) is 6.92 Å². The summed E-state index contributed by atoms with van der Waals surface area (Å²) in [5.41, 5.74) is 0. The number of hydrogen-bond donors (Lipinski definition) is 2. The summed E-state index contributed by atoms with van der Waals surface area (Å²) in [7, 11) is -2.55. The molecule has 0 aromatic rings. The average Bonchev–Trinajstić information content (AvgIpc) is 1.67. The van der Waals surface area contributed by atoms with Gasteiger partial charge in [-0.3, -0.25) is 9.05 Å². The van der Waals surface area contributed by atoms with E-state index in [-0.39, 0.29) is 12.8 Å². The maximum Gasteiger partial charge on any atom is 0.471 e. The minimum absolute atomic E-state index is 0. The Morgan fingerprint density at radius 2 is 2.11 bits per heavy atom. The van der Waals surface area contributed by atoms with Crippen LogP contribution in [0.15, 0.2) is 0 Å². The van der Waals surface area contributed by atoms with Crippen LogP contribution in [-0.2, 0) is 13.6 Å². The first-order valence-corrected chi connectivity index (χ1v) is 3.65. The lowest BCUT2D eigenvalue weighted by molar-refractivity contribution is 0.181. The zero-order valence-electron chi connectivity index (χ0n) is 5.53. The molecule has 5 nitrogen and oxygen atoms in total. The summed E-state index contributed by atoms with van der Waals surface area (Å²) >= 11 is 0. The lowest BCUT2D eigenvalue weighted by Gasteiger charge is -2.04. The predicted molar refractivity (Wildman–Crippen MR) is 33.5 cm³/mol. The van der Waals surface area contributed by atoms with Crippen molar-refractivity contribution in [2.24, 2.45) is 0 Å². The normalized spacial score (nSPS) is 15.9. The number of phosphoric ester groups is 1. The van der Waals surface area contributed by atoms with Gasteiger partial charge in [-0.2, -0.15) is 0 Å². The lowest BCUT2D eigenvalue weighted by atomic mass is 10.9. The first-order valence-electron chi connectivity index (χ1n) is 2.15. The average molecular weight is 157 g/mol. The highest BCUT2D eigenvalue weighted by Crippen LogP contribution is 2.41. The molecule has 0 saturated carbocycles. The summed E-state index contributed by atoms with van der Waals surface area (Å²) in [5, 5.41) is 0. The van der Waals surface area contributed by atoms with Gasteiger partial charge in [0.15, 0.2) is 0 Å². The van der Waals surface area contributed by atoms with Gasteiger partial charge < -0.3 is 11.0 Å². The molecule has 1 atom stereocenters. The van der Waals surface area contributed by atoms with E-state index < -0.39 is 7.82 Å². The van der Waals surface area contributed by atoms with E-state index in [4.69, 9.17) is 4.89 Å². The molecule has 6 heteroatoms. The van der Waals surface area contributed by atoms with Crippen molar-refractivity contribution in [3.8, 4) is 0 Å². The largest absolute Gasteiger partial charge is 0.471 e. The summed E-state index contributed by atoms with van der Waals surface area (Å²) in [6, 6.07) is 0. The van der Waals surface area contributed by atoms with Gasteiger partial charge in [-0.05, 0) is 6.92 Å². The second kappa shape index (κ2) is 4.90. The van der Waals surface area contributed by atoms with E-state index in [0.717, 1.165) is 7.11 Å². The molecule has 1 unspecified atom stereocenters. The summed E-state index contributed by atoms with van der Waals surface area (Å²) < 4.78 is 18.6. The van der Waals surface area contributed by atoms with Gasteiger partial charge in [0.2, 0.25) is 0 Å². The molecular weight excluding hydrogens is 145 g/mol. The fourth-order valence-electron chi connectivity index (χ4n) is 0.216. The van der Waals surface area contributed by atoms with E-state index in [2.05, 4.69) is 9.05 Å². The zero-order valence-corrected chi connectivity index (χ0v) is 6.43. The van der Waals surface area contributed by atoms with Crippen molar-refractivity contribution in [3.63, 3.8) is 0 Å². The highest BCUT2D eigenvalue weighted by molar-refractivity contribution is 7.47. The first kappa shape index (κ1) is 11.8. The van der Waals surface area contributed by atoms with E-state index in [1.807, 2.05) is 0 Å². The molecule has 9 heavy (non-hydrogen) atoms. The fourth-order valence-corrected chi connectivity index (χ4v) is 0.648. The molecule has 0 radical (unpaired) electrons. The number of hydrogen-bond acceptors (Lipinski definition) is 4. The van der Waals surface area contributed by atoms with Crippen molar-refractivity contribution < 1.29 is 18.5 Å². The predicted octanol–water partition coefficient (Wildman–Crippen LogP) is 0.932. The van der Waals surface area contributed by atoms with E-state index in [1.54, 1.807) is 6.92 Å². The topological polar surface area (TPSA) is 90.8 Å². The molecule has 4 N–H and O–H groups in total. The fraction of sp³-hybridized carbons (Fsp3) is 1.00. The van der Waals surface area contributed by atoms with Crippen LogP contribution in [0.5, 0.6) is 0 Å². The van der Waals surface area contributed by atoms with Crippen molar-refractivity contribution in [2.45, 2.75) is 6.92 Å². The zero-order chi connectivity index (χ0) is 6.62. The Bertz CT molecular complexity index is 106. The molecule has 0 aliphatic heterocycles. The maximum atomic E-state index is 10.3. The Morgan fingerprint density at radius 3 is 2.22 bits per heavy atom. The molecule has 0 fully saturated rings. The Balaban J connectivity index is 0. The number of phosphoric acid groups is 1. The Morgan fingerprint density at radius 1 is 1.67 bits per heavy atom. The van der Waals surface area contributed by atoms with Gasteiger partial charge in [0, 0.05) is 7.11 Å². The highest BCUT2D eigenvalue weighted by atomic mass is 31.2. The third kappa shape index (κ3) is 5.95. The van der Waals surface area contributed by atoms with Crippen LogP contribution >= 0.6 is 7.82 Å². The lowest BCUT2D eigenvalue weighted by Crippen LogP contribution is -1.89. The van der Waals surface area contributed by atoms with Crippen molar-refractivity contribution in [1.29, 1.82) is 0 Å². The Hall–Kier alpha value is 0.0700. The molecular formula is C3H12NO4P. The molecule has 0 bridgehead atoms. The van der Waals surface area contributed by atoms with Gasteiger partial charge in [-0.1, -0.05) is 0 Å². The van der Waals surface area contributed by atoms with Crippen molar-refractivity contribution >= 4 is 7.82 Å². The summed E-state index contributed by atoms with van der Waals surface area (Å²) in [4.78, 5) is 8.43. The molecule has 0 amide bonds. The molecule has 0 rings (SSSR count). The van der Waals surface area contributed by atoms with Crippen LogP contribution in [0.3, 0.4) is 0 Å². The molecule has 0 heterocycles. The SMILES string of the molecule is CCOP(=O)(O)OC.N. The summed E-state index contributed by atoms with van der Waals surface area (Å²) in [5.74, 6) is 0. The quantitative estimate of drug-likeness (QED) is 0.594. The van der Waals surface area contributed by atoms with Gasteiger partial charge in [0.1, 0.15) is 0 Å². The van der Waals surface area contributed by atoms with Gasteiger partial charge in [0.05, 0.1) is 6.61 Å². The van der Waals surface area contributed by atoms with Crippen LogP contribution in [0, 0.1) is 0 Å². The summed E-state index contributed by atoms with van der Waals surface area (Å²) in [6.45, 7) is 1.80. The minimum Gasteiger partial charge on any atom is -0.344 e. The van der Waals surface area contributed by atoms with Gasteiger partial charge in [-0.15, -0.1) is 0 Å². The monoisotopic (exact) mass is 157 g/mol. The van der Waals surface area contributed by atoms with Crippen LogP contribution in [0.2, 0.25) is 0 Å². The molecule has 0 aliphatic carbocycles. The standard InChI is InChI=1S/C3H9O4P.H3N/c1-3-7-8(4,5)6-2;/h3H2,1-2H3,(H,4,5);1H3. The maximum absolute atomic E-state index is 10.3. The molecule has 0 spiro atoms. The van der Waals surface area contributed by atoms with Crippen LogP contribution in [0.4, 0.5) is 0 Å². The molecule has 0 aromatic heterocycles. The molecule has 0 aromatic carbocycles. The van der Waals surface area contributed by atoms with E-state index in [1.165, 1.54) is 0 Å². The van der Waals surface area contributed by atoms with E-state index in [0.29, 0.717) is 0 Å². The van der Waals surface area contributed by atoms with Crippen LogP contribution < -0.4 is 6.15 Å². The molecule has 0 saturated heterocycles. The number of rotatable bonds is 3. The smallest absolute Gasteiger partial charge is 0.344 e. The second-order valence-electron chi connectivity index (χ2n) is 1.07. The Labute approximate surface area is 54.2 Å². The third-order valence-corrected chi connectivity index (χ3v) is 1.57. The molecule has 0 aliphatic rings. The van der Waals surface area contributed by atoms with Crippen LogP contribution in [0.25, 0.3) is 0 Å². The van der Waals surface area contributed by atoms with E-state index in [9.17, 15) is 4.57 Å². The van der Waals surface area contributed by atoms with Crippen molar-refractivity contribution in [2.75, 3.05) is 13.7 Å². The first-order chi connectivity index (χ1) is 3.62.